The van der Waals surface area contributed by atoms with E-state index >= 15 is 0 Å². The van der Waals surface area contributed by atoms with Crippen molar-refractivity contribution in [3.8, 4) is 17.0 Å². The minimum Gasteiger partial charge on any atom is -0.492 e. The molecule has 1 heterocycles. The summed E-state index contributed by atoms with van der Waals surface area (Å²) < 4.78 is 5.68. The number of nitrogens with one attached hydrogen (secondary N) is 1. The molecule has 5 nitrogen and oxygen atoms in total. The fourth-order valence-corrected chi connectivity index (χ4v) is 2.73. The third-order valence-electron chi connectivity index (χ3n) is 4.06. The maximum Gasteiger partial charge on any atom is 0.253 e. The summed E-state index contributed by atoms with van der Waals surface area (Å²) in [5.74, 6) is 0.727. The molecule has 0 saturated carbocycles. The molecule has 0 radical (unpaired) electrons. The third-order valence-corrected chi connectivity index (χ3v) is 4.31. The number of benzene rings is 2. The number of nitrogens with zero attached hydrogens (tertiary/aromatic N) is 2. The van der Waals surface area contributed by atoms with Crippen LogP contribution in [-0.4, -0.2) is 40.7 Å². The van der Waals surface area contributed by atoms with Crippen molar-refractivity contribution in [2.75, 3.05) is 19.7 Å². The number of aromatic nitrogens is 2. The number of rotatable bonds is 7. The van der Waals surface area contributed by atoms with E-state index in [1.807, 2.05) is 49.4 Å². The van der Waals surface area contributed by atoms with Crippen LogP contribution in [0.25, 0.3) is 11.3 Å². The zero-order chi connectivity index (χ0) is 18.4. The molecule has 1 amide bonds. The van der Waals surface area contributed by atoms with Crippen molar-refractivity contribution in [2.24, 2.45) is 0 Å². The van der Waals surface area contributed by atoms with Gasteiger partial charge in [-0.1, -0.05) is 23.7 Å². The van der Waals surface area contributed by atoms with Crippen LogP contribution in [0, 0.1) is 0 Å². The molecule has 0 atom stereocenters. The lowest BCUT2D eigenvalue weighted by molar-refractivity contribution is 0.0740. The lowest BCUT2D eigenvalue weighted by Gasteiger charge is -2.21. The maximum atomic E-state index is 12.7. The van der Waals surface area contributed by atoms with Gasteiger partial charge in [0.1, 0.15) is 12.4 Å². The summed E-state index contributed by atoms with van der Waals surface area (Å²) in [5.41, 5.74) is 2.57. The number of likely N-dealkylation sites (N-methyl/N-ethyl adjacent to an activating group) is 1. The van der Waals surface area contributed by atoms with Gasteiger partial charge in [-0.05, 0) is 55.0 Å². The second-order valence-electron chi connectivity index (χ2n) is 5.73. The highest BCUT2D eigenvalue weighted by Gasteiger charge is 2.14. The van der Waals surface area contributed by atoms with Gasteiger partial charge in [0.15, 0.2) is 0 Å². The zero-order valence-corrected chi connectivity index (χ0v) is 15.2. The topological polar surface area (TPSA) is 58.2 Å². The fourth-order valence-electron chi connectivity index (χ4n) is 2.60. The number of amides is 1. The van der Waals surface area contributed by atoms with Crippen LogP contribution >= 0.6 is 11.6 Å². The summed E-state index contributed by atoms with van der Waals surface area (Å²) in [6.07, 6.45) is 1.70. The molecule has 26 heavy (non-hydrogen) atoms. The number of H-pyrrole nitrogens is 1. The number of ether oxygens (including phenoxy) is 1. The van der Waals surface area contributed by atoms with Crippen LogP contribution in [0.1, 0.15) is 17.3 Å². The minimum atomic E-state index is -0.0108. The first kappa shape index (κ1) is 18.0. The summed E-state index contributed by atoms with van der Waals surface area (Å²) in [6.45, 7) is 3.51. The van der Waals surface area contributed by atoms with Crippen molar-refractivity contribution >= 4 is 17.5 Å². The largest absolute Gasteiger partial charge is 0.492 e. The van der Waals surface area contributed by atoms with E-state index in [1.54, 1.807) is 23.2 Å². The third kappa shape index (κ3) is 4.43. The Hall–Kier alpha value is -2.79. The predicted octanol–water partition coefficient (Wildman–Crippen LogP) is 4.27. The van der Waals surface area contributed by atoms with Gasteiger partial charge in [0.05, 0.1) is 12.2 Å². The van der Waals surface area contributed by atoms with Crippen molar-refractivity contribution in [2.45, 2.75) is 6.92 Å². The number of hydrogen-bond donors (Lipinski definition) is 1. The van der Waals surface area contributed by atoms with Gasteiger partial charge in [-0.3, -0.25) is 9.89 Å². The van der Waals surface area contributed by atoms with Crippen molar-refractivity contribution < 1.29 is 9.53 Å². The molecule has 0 spiro atoms. The van der Waals surface area contributed by atoms with E-state index in [4.69, 9.17) is 16.3 Å². The Morgan fingerprint density at radius 3 is 2.46 bits per heavy atom. The normalized spacial score (nSPS) is 10.5. The molecule has 0 aliphatic rings. The molecule has 0 saturated heterocycles. The Morgan fingerprint density at radius 1 is 1.12 bits per heavy atom. The number of carbonyl (C=O) groups is 1. The number of halogens is 1. The second kappa shape index (κ2) is 8.54. The Labute approximate surface area is 157 Å². The molecule has 3 aromatic rings. The van der Waals surface area contributed by atoms with Crippen LogP contribution in [0.3, 0.4) is 0 Å². The summed E-state index contributed by atoms with van der Waals surface area (Å²) in [7, 11) is 0. The fraction of sp³-hybridized carbons (Fsp3) is 0.200. The van der Waals surface area contributed by atoms with E-state index in [1.165, 1.54) is 0 Å². The zero-order valence-electron chi connectivity index (χ0n) is 14.5. The van der Waals surface area contributed by atoms with Crippen molar-refractivity contribution in [3.05, 3.63) is 71.4 Å². The number of aromatic amines is 1. The molecular weight excluding hydrogens is 350 g/mol. The van der Waals surface area contributed by atoms with Gasteiger partial charge in [-0.15, -0.1) is 0 Å². The highest BCUT2D eigenvalue weighted by molar-refractivity contribution is 6.30. The summed E-state index contributed by atoms with van der Waals surface area (Å²) in [6, 6.07) is 16.6. The first-order valence-corrected chi connectivity index (χ1v) is 8.82. The van der Waals surface area contributed by atoms with Gasteiger partial charge >= 0.3 is 0 Å². The van der Waals surface area contributed by atoms with Gasteiger partial charge in [0, 0.05) is 23.3 Å². The minimum absolute atomic E-state index is 0.0108. The van der Waals surface area contributed by atoms with Crippen molar-refractivity contribution in [1.82, 2.24) is 15.1 Å². The Bertz CT molecular complexity index is 831. The molecule has 0 fully saturated rings. The molecule has 134 valence electrons. The average Bonchev–Trinajstić information content (AvgIpc) is 3.21. The van der Waals surface area contributed by atoms with Gasteiger partial charge in [-0.2, -0.15) is 5.10 Å². The molecule has 1 aromatic heterocycles. The second-order valence-corrected chi connectivity index (χ2v) is 6.17. The van der Waals surface area contributed by atoms with Gasteiger partial charge < -0.3 is 9.64 Å². The Balaban J connectivity index is 1.58. The SMILES string of the molecule is CCN(CCOc1ccc(Cl)cc1)C(=O)c1ccc(-c2ccn[nH]2)cc1. The van der Waals surface area contributed by atoms with Crippen LogP contribution in [0.15, 0.2) is 60.8 Å². The summed E-state index contributed by atoms with van der Waals surface area (Å²) >= 11 is 5.86. The molecule has 0 aliphatic heterocycles. The number of hydrogen-bond acceptors (Lipinski definition) is 3. The molecule has 2 aromatic carbocycles. The molecule has 0 bridgehead atoms. The highest BCUT2D eigenvalue weighted by atomic mass is 35.5. The summed E-state index contributed by atoms with van der Waals surface area (Å²) in [4.78, 5) is 14.5. The van der Waals surface area contributed by atoms with Crippen LogP contribution in [0.5, 0.6) is 5.75 Å². The van der Waals surface area contributed by atoms with E-state index in [2.05, 4.69) is 10.2 Å². The predicted molar refractivity (Wildman–Crippen MR) is 103 cm³/mol. The monoisotopic (exact) mass is 369 g/mol. The van der Waals surface area contributed by atoms with Crippen LogP contribution < -0.4 is 4.74 Å². The van der Waals surface area contributed by atoms with Gasteiger partial charge in [0.2, 0.25) is 0 Å². The summed E-state index contributed by atoms with van der Waals surface area (Å²) in [5, 5.41) is 7.52. The van der Waals surface area contributed by atoms with Gasteiger partial charge in [-0.25, -0.2) is 0 Å². The lowest BCUT2D eigenvalue weighted by Crippen LogP contribution is -2.34. The van der Waals surface area contributed by atoms with Crippen LogP contribution in [0.4, 0.5) is 0 Å². The number of carbonyl (C=O) groups excluding carboxylic acids is 1. The van der Waals surface area contributed by atoms with Crippen molar-refractivity contribution in [3.63, 3.8) is 0 Å². The van der Waals surface area contributed by atoms with Gasteiger partial charge in [0.25, 0.3) is 5.91 Å². The quantitative estimate of drug-likeness (QED) is 0.676. The molecule has 0 unspecified atom stereocenters. The lowest BCUT2D eigenvalue weighted by atomic mass is 10.1. The van der Waals surface area contributed by atoms with Crippen molar-refractivity contribution in [1.29, 1.82) is 0 Å². The highest BCUT2D eigenvalue weighted by Crippen LogP contribution is 2.18. The van der Waals surface area contributed by atoms with E-state index in [9.17, 15) is 4.79 Å². The molecule has 0 aliphatic carbocycles. The van der Waals surface area contributed by atoms with E-state index in [0.717, 1.165) is 17.0 Å². The molecular formula is C20H20ClN3O2. The smallest absolute Gasteiger partial charge is 0.253 e. The first-order chi connectivity index (χ1) is 12.7. The molecule has 1 N–H and O–H groups in total. The van der Waals surface area contributed by atoms with E-state index < -0.39 is 0 Å². The molecule has 6 heteroatoms. The van der Waals surface area contributed by atoms with E-state index in [-0.39, 0.29) is 5.91 Å². The van der Waals surface area contributed by atoms with Crippen LogP contribution in [-0.2, 0) is 0 Å². The Kier molecular flexibility index (Phi) is 5.92. The average molecular weight is 370 g/mol. The standard InChI is InChI=1S/C20H20ClN3O2/c1-2-24(13-14-26-18-9-7-17(21)8-10-18)20(25)16-5-3-15(4-6-16)19-11-12-22-23-19/h3-12H,2,13-14H2,1H3,(H,22,23). The maximum absolute atomic E-state index is 12.7. The van der Waals surface area contributed by atoms with E-state index in [0.29, 0.717) is 30.3 Å². The molecule has 3 rings (SSSR count). The first-order valence-electron chi connectivity index (χ1n) is 8.45. The van der Waals surface area contributed by atoms with Crippen LogP contribution in [0.2, 0.25) is 5.02 Å². The Morgan fingerprint density at radius 2 is 1.85 bits per heavy atom.